The third-order valence-electron chi connectivity index (χ3n) is 5.78. The fourth-order valence-electron chi connectivity index (χ4n) is 3.77. The van der Waals surface area contributed by atoms with Crippen LogP contribution in [0.3, 0.4) is 0 Å². The lowest BCUT2D eigenvalue weighted by Crippen LogP contribution is -2.37. The van der Waals surface area contributed by atoms with Crippen molar-refractivity contribution in [3.05, 3.63) is 54.6 Å². The molecule has 10 nitrogen and oxygen atoms in total. The summed E-state index contributed by atoms with van der Waals surface area (Å²) in [5.74, 6) is -0.169. The standard InChI is InChI=1S/C22H31N3O3.C4H4O4/c1-17-3-7-19(8-4-17)24-22(26)10-6-18-5-9-20(21(15-18)27-2)28-14-13-25-12-11-23-16-25;5-3(6)1-2-4(7)8/h5,9,11-12,15-17,19H,3-4,6-8,10,13-14H2,1-2H3,(H,24,26);1-2H,(H,5,6)(H,7,8). The molecule has 2 aromatic rings. The normalized spacial score (nSPS) is 17.1. The third-order valence-corrected chi connectivity index (χ3v) is 5.78. The molecule has 1 saturated carbocycles. The molecule has 3 rings (SSSR count). The van der Waals surface area contributed by atoms with Crippen molar-refractivity contribution >= 4 is 17.8 Å². The number of ether oxygens (including phenoxy) is 2. The molecule has 1 aromatic carbocycles. The number of aromatic nitrogens is 2. The zero-order chi connectivity index (χ0) is 26.3. The maximum absolute atomic E-state index is 12.3. The summed E-state index contributed by atoms with van der Waals surface area (Å²) in [7, 11) is 1.64. The summed E-state index contributed by atoms with van der Waals surface area (Å²) in [5.41, 5.74) is 1.08. The molecule has 0 radical (unpaired) electrons. The van der Waals surface area contributed by atoms with Gasteiger partial charge in [0.05, 0.1) is 20.0 Å². The van der Waals surface area contributed by atoms with Crippen LogP contribution in [-0.2, 0) is 27.3 Å². The Morgan fingerprint density at radius 3 is 2.39 bits per heavy atom. The van der Waals surface area contributed by atoms with Gasteiger partial charge in [0, 0.05) is 37.0 Å². The number of aliphatic carboxylic acids is 2. The predicted molar refractivity (Wildman–Crippen MR) is 133 cm³/mol. The minimum atomic E-state index is -1.26. The number of hydrogen-bond donors (Lipinski definition) is 3. The molecule has 10 heteroatoms. The lowest BCUT2D eigenvalue weighted by Gasteiger charge is -2.26. The molecule has 0 saturated heterocycles. The first-order valence-electron chi connectivity index (χ1n) is 12.0. The number of carbonyl (C=O) groups excluding carboxylic acids is 1. The van der Waals surface area contributed by atoms with Crippen molar-refractivity contribution in [3.63, 3.8) is 0 Å². The molecular weight excluding hydrogens is 466 g/mol. The quantitative estimate of drug-likeness (QED) is 0.399. The number of nitrogens with one attached hydrogen (secondary N) is 1. The van der Waals surface area contributed by atoms with Gasteiger partial charge in [-0.15, -0.1) is 0 Å². The van der Waals surface area contributed by atoms with Crippen LogP contribution in [0.1, 0.15) is 44.6 Å². The molecule has 196 valence electrons. The highest BCUT2D eigenvalue weighted by Gasteiger charge is 2.19. The summed E-state index contributed by atoms with van der Waals surface area (Å²) in [6.07, 6.45) is 12.4. The summed E-state index contributed by atoms with van der Waals surface area (Å²) in [6.45, 7) is 3.55. The van der Waals surface area contributed by atoms with E-state index in [0.717, 1.165) is 30.9 Å². The molecule has 1 aliphatic carbocycles. The van der Waals surface area contributed by atoms with Gasteiger partial charge in [0.15, 0.2) is 11.5 Å². The van der Waals surface area contributed by atoms with Gasteiger partial charge in [0.1, 0.15) is 6.61 Å². The molecular formula is C26H35N3O7. The van der Waals surface area contributed by atoms with Crippen molar-refractivity contribution < 1.29 is 34.1 Å². The van der Waals surface area contributed by atoms with Gasteiger partial charge in [-0.1, -0.05) is 13.0 Å². The van der Waals surface area contributed by atoms with Crippen LogP contribution in [-0.4, -0.2) is 57.4 Å². The van der Waals surface area contributed by atoms with Crippen LogP contribution in [0.15, 0.2) is 49.1 Å². The lowest BCUT2D eigenvalue weighted by atomic mass is 9.87. The molecule has 1 amide bonds. The largest absolute Gasteiger partial charge is 0.493 e. The number of aryl methyl sites for hydroxylation is 1. The van der Waals surface area contributed by atoms with Crippen LogP contribution in [0.2, 0.25) is 0 Å². The number of rotatable bonds is 11. The number of benzene rings is 1. The molecule has 1 heterocycles. The van der Waals surface area contributed by atoms with Gasteiger partial charge in [-0.25, -0.2) is 14.6 Å². The van der Waals surface area contributed by atoms with Crippen molar-refractivity contribution in [1.29, 1.82) is 0 Å². The third kappa shape index (κ3) is 11.1. The fraction of sp³-hybridized carbons (Fsp3) is 0.462. The van der Waals surface area contributed by atoms with Gasteiger partial charge in [0.2, 0.25) is 5.91 Å². The summed E-state index contributed by atoms with van der Waals surface area (Å²) < 4.78 is 13.3. The molecule has 3 N–H and O–H groups in total. The van der Waals surface area contributed by atoms with E-state index in [2.05, 4.69) is 17.2 Å². The number of methoxy groups -OCH3 is 1. The Morgan fingerprint density at radius 1 is 1.11 bits per heavy atom. The number of imidazole rings is 1. The molecule has 0 bridgehead atoms. The Bertz CT molecular complexity index is 981. The van der Waals surface area contributed by atoms with E-state index in [1.165, 1.54) is 12.8 Å². The highest BCUT2D eigenvalue weighted by Crippen LogP contribution is 2.29. The molecule has 0 atom stereocenters. The highest BCUT2D eigenvalue weighted by atomic mass is 16.5. The van der Waals surface area contributed by atoms with Gasteiger partial charge in [0.25, 0.3) is 0 Å². The number of hydrogen-bond acceptors (Lipinski definition) is 6. The molecule has 0 aliphatic heterocycles. The zero-order valence-corrected chi connectivity index (χ0v) is 20.8. The zero-order valence-electron chi connectivity index (χ0n) is 20.8. The smallest absolute Gasteiger partial charge is 0.328 e. The molecule has 1 aliphatic rings. The number of carboxylic acid groups (broad SMARTS) is 2. The van der Waals surface area contributed by atoms with E-state index in [0.29, 0.717) is 49.1 Å². The average molecular weight is 502 g/mol. The number of carboxylic acids is 2. The summed E-state index contributed by atoms with van der Waals surface area (Å²) >= 11 is 0. The Morgan fingerprint density at radius 2 is 1.81 bits per heavy atom. The monoisotopic (exact) mass is 501 g/mol. The van der Waals surface area contributed by atoms with E-state index < -0.39 is 11.9 Å². The van der Waals surface area contributed by atoms with E-state index in [1.807, 2.05) is 29.0 Å². The second kappa shape index (κ2) is 15.2. The average Bonchev–Trinajstić information content (AvgIpc) is 3.37. The van der Waals surface area contributed by atoms with Crippen LogP contribution in [0.5, 0.6) is 11.5 Å². The Labute approximate surface area is 210 Å². The summed E-state index contributed by atoms with van der Waals surface area (Å²) in [6, 6.07) is 6.24. The Hall–Kier alpha value is -3.82. The van der Waals surface area contributed by atoms with E-state index in [4.69, 9.17) is 19.7 Å². The van der Waals surface area contributed by atoms with Crippen molar-refractivity contribution in [2.24, 2.45) is 5.92 Å². The maximum Gasteiger partial charge on any atom is 0.328 e. The Balaban J connectivity index is 0.000000493. The molecule has 36 heavy (non-hydrogen) atoms. The second-order valence-corrected chi connectivity index (χ2v) is 8.67. The first-order valence-corrected chi connectivity index (χ1v) is 12.0. The molecule has 1 fully saturated rings. The van der Waals surface area contributed by atoms with Gasteiger partial charge >= 0.3 is 11.9 Å². The number of nitrogens with zero attached hydrogens (tertiary/aromatic N) is 2. The van der Waals surface area contributed by atoms with Gasteiger partial charge in [-0.05, 0) is 55.7 Å². The van der Waals surface area contributed by atoms with Gasteiger partial charge in [-0.2, -0.15) is 0 Å². The lowest BCUT2D eigenvalue weighted by molar-refractivity contribution is -0.134. The SMILES string of the molecule is COc1cc(CCC(=O)NC2CCC(C)CC2)ccc1OCCn1ccnc1.O=C(O)C=CC(=O)O. The number of amides is 1. The van der Waals surface area contributed by atoms with Crippen molar-refractivity contribution in [2.75, 3.05) is 13.7 Å². The second-order valence-electron chi connectivity index (χ2n) is 8.67. The first-order chi connectivity index (χ1) is 17.3. The van der Waals surface area contributed by atoms with Gasteiger partial charge < -0.3 is 29.6 Å². The van der Waals surface area contributed by atoms with Crippen LogP contribution >= 0.6 is 0 Å². The predicted octanol–water partition coefficient (Wildman–Crippen LogP) is 3.31. The van der Waals surface area contributed by atoms with Crippen LogP contribution < -0.4 is 14.8 Å². The van der Waals surface area contributed by atoms with Gasteiger partial charge in [-0.3, -0.25) is 4.79 Å². The van der Waals surface area contributed by atoms with Crippen LogP contribution in [0, 0.1) is 5.92 Å². The van der Waals surface area contributed by atoms with E-state index in [1.54, 1.807) is 19.6 Å². The van der Waals surface area contributed by atoms with Crippen LogP contribution in [0.4, 0.5) is 0 Å². The van der Waals surface area contributed by atoms with Crippen LogP contribution in [0.25, 0.3) is 0 Å². The van der Waals surface area contributed by atoms with E-state index in [-0.39, 0.29) is 5.91 Å². The Kier molecular flexibility index (Phi) is 12.0. The van der Waals surface area contributed by atoms with E-state index >= 15 is 0 Å². The first kappa shape index (κ1) is 28.4. The maximum atomic E-state index is 12.3. The summed E-state index contributed by atoms with van der Waals surface area (Å²) in [5, 5.41) is 18.8. The molecule has 0 unspecified atom stereocenters. The highest BCUT2D eigenvalue weighted by molar-refractivity contribution is 5.89. The fourth-order valence-corrected chi connectivity index (χ4v) is 3.77. The topological polar surface area (TPSA) is 140 Å². The molecule has 0 spiro atoms. The minimum absolute atomic E-state index is 0.138. The van der Waals surface area contributed by atoms with E-state index in [9.17, 15) is 14.4 Å². The number of carbonyl (C=O) groups is 3. The van der Waals surface area contributed by atoms with Crippen molar-refractivity contribution in [3.8, 4) is 11.5 Å². The van der Waals surface area contributed by atoms with Crippen molar-refractivity contribution in [1.82, 2.24) is 14.9 Å². The van der Waals surface area contributed by atoms with Crippen molar-refractivity contribution in [2.45, 2.75) is 58.0 Å². The summed E-state index contributed by atoms with van der Waals surface area (Å²) in [4.78, 5) is 35.4. The minimum Gasteiger partial charge on any atom is -0.493 e. The molecule has 1 aromatic heterocycles.